The molecule has 2 unspecified atom stereocenters. The van der Waals surface area contributed by atoms with Gasteiger partial charge in [0, 0.05) is 0 Å². The first kappa shape index (κ1) is 12.5. The highest BCUT2D eigenvalue weighted by Gasteiger charge is 2.22. The van der Waals surface area contributed by atoms with Gasteiger partial charge in [-0.25, -0.2) is 0 Å². The molecule has 1 aromatic rings. The zero-order valence-electron chi connectivity index (χ0n) is 11.4. The van der Waals surface area contributed by atoms with Gasteiger partial charge in [0.2, 0.25) is 0 Å². The molecule has 2 atom stereocenters. The van der Waals surface area contributed by atoms with Crippen molar-refractivity contribution in [3.05, 3.63) is 53.6 Å². The highest BCUT2D eigenvalue weighted by atomic mass is 16.5. The fourth-order valence-electron chi connectivity index (χ4n) is 3.06. The van der Waals surface area contributed by atoms with Crippen molar-refractivity contribution in [1.29, 1.82) is 0 Å². The molecule has 1 aliphatic heterocycles. The molecule has 1 aromatic carbocycles. The molecule has 0 aromatic heterocycles. The van der Waals surface area contributed by atoms with Crippen LogP contribution in [-0.4, -0.2) is 13.7 Å². The maximum absolute atomic E-state index is 5.24. The summed E-state index contributed by atoms with van der Waals surface area (Å²) in [4.78, 5) is 0. The predicted octanol–water partition coefficient (Wildman–Crippen LogP) is 3.62. The zero-order valence-corrected chi connectivity index (χ0v) is 11.4. The van der Waals surface area contributed by atoms with Crippen molar-refractivity contribution in [1.82, 2.24) is 5.32 Å². The average molecular weight is 255 g/mol. The van der Waals surface area contributed by atoms with Crippen molar-refractivity contribution in [2.24, 2.45) is 5.92 Å². The second-order valence-electron chi connectivity index (χ2n) is 5.39. The summed E-state index contributed by atoms with van der Waals surface area (Å²) in [6.07, 6.45) is 10.6. The minimum atomic E-state index is 0.360. The summed E-state index contributed by atoms with van der Waals surface area (Å²) in [5, 5.41) is 3.69. The van der Waals surface area contributed by atoms with Gasteiger partial charge < -0.3 is 10.1 Å². The molecule has 1 aliphatic carbocycles. The van der Waals surface area contributed by atoms with Crippen molar-refractivity contribution in [3.63, 3.8) is 0 Å². The Balaban J connectivity index is 1.87. The third-order valence-corrected chi connectivity index (χ3v) is 4.11. The van der Waals surface area contributed by atoms with Crippen LogP contribution in [0, 0.1) is 5.92 Å². The molecule has 1 heterocycles. The quantitative estimate of drug-likeness (QED) is 0.871. The van der Waals surface area contributed by atoms with Crippen molar-refractivity contribution < 1.29 is 4.74 Å². The van der Waals surface area contributed by atoms with Crippen LogP contribution < -0.4 is 10.1 Å². The number of allylic oxidation sites excluding steroid dienone is 3. The van der Waals surface area contributed by atoms with E-state index in [2.05, 4.69) is 35.7 Å². The van der Waals surface area contributed by atoms with E-state index in [9.17, 15) is 0 Å². The van der Waals surface area contributed by atoms with E-state index in [-0.39, 0.29) is 0 Å². The van der Waals surface area contributed by atoms with Gasteiger partial charge in [0.25, 0.3) is 0 Å². The topological polar surface area (TPSA) is 21.3 Å². The second kappa shape index (κ2) is 5.62. The molecule has 1 N–H and O–H groups in total. The van der Waals surface area contributed by atoms with E-state index in [4.69, 9.17) is 4.74 Å². The molecule has 100 valence electrons. The van der Waals surface area contributed by atoms with Gasteiger partial charge in [-0.2, -0.15) is 0 Å². The Morgan fingerprint density at radius 1 is 1.21 bits per heavy atom. The Morgan fingerprint density at radius 2 is 2.05 bits per heavy atom. The monoisotopic (exact) mass is 255 g/mol. The molecule has 1 saturated heterocycles. The Bertz CT molecular complexity index is 486. The average Bonchev–Trinajstić information content (AvgIpc) is 2.46. The van der Waals surface area contributed by atoms with E-state index >= 15 is 0 Å². The van der Waals surface area contributed by atoms with E-state index in [1.165, 1.54) is 30.4 Å². The third kappa shape index (κ3) is 2.74. The largest absolute Gasteiger partial charge is 0.497 e. The molecule has 0 saturated carbocycles. The maximum Gasteiger partial charge on any atom is 0.118 e. The van der Waals surface area contributed by atoms with E-state index in [1.54, 1.807) is 7.11 Å². The molecule has 1 fully saturated rings. The van der Waals surface area contributed by atoms with Crippen molar-refractivity contribution in [2.45, 2.75) is 25.3 Å². The lowest BCUT2D eigenvalue weighted by Gasteiger charge is -2.30. The summed E-state index contributed by atoms with van der Waals surface area (Å²) < 4.78 is 5.24. The summed E-state index contributed by atoms with van der Waals surface area (Å²) in [6.45, 7) is 1.10. The molecular weight excluding hydrogens is 234 g/mol. The molecule has 0 spiro atoms. The molecule has 3 rings (SSSR count). The summed E-state index contributed by atoms with van der Waals surface area (Å²) in [7, 11) is 1.71. The van der Waals surface area contributed by atoms with Gasteiger partial charge in [0.1, 0.15) is 5.75 Å². The minimum absolute atomic E-state index is 0.360. The number of nitrogens with one attached hydrogen (secondary N) is 1. The van der Waals surface area contributed by atoms with Crippen molar-refractivity contribution >= 4 is 0 Å². The Morgan fingerprint density at radius 3 is 2.84 bits per heavy atom. The van der Waals surface area contributed by atoms with Crippen LogP contribution in [0.4, 0.5) is 0 Å². The second-order valence-corrected chi connectivity index (χ2v) is 5.39. The van der Waals surface area contributed by atoms with Gasteiger partial charge in [-0.05, 0) is 55.0 Å². The van der Waals surface area contributed by atoms with Gasteiger partial charge in [-0.15, -0.1) is 0 Å². The Hall–Kier alpha value is -1.54. The zero-order chi connectivity index (χ0) is 13.1. The highest BCUT2D eigenvalue weighted by Crippen LogP contribution is 2.34. The summed E-state index contributed by atoms with van der Waals surface area (Å²) in [5.41, 5.74) is 2.85. The first-order chi connectivity index (χ1) is 9.36. The van der Waals surface area contributed by atoms with Crippen LogP contribution >= 0.6 is 0 Å². The standard InChI is InChI=1S/C17H21NO/c1-19-16-9-7-14(8-10-16)17-15-6-2-4-13(12-15)5-3-11-18-17/h2,4,6-10,13,17-18H,3,5,11-12H2,1H3. The number of fused-ring (bicyclic) bond motifs is 2. The van der Waals surface area contributed by atoms with E-state index in [0.29, 0.717) is 6.04 Å². The Labute approximate surface area is 115 Å². The maximum atomic E-state index is 5.24. The first-order valence-electron chi connectivity index (χ1n) is 7.11. The van der Waals surface area contributed by atoms with Gasteiger partial charge in [0.15, 0.2) is 0 Å². The lowest BCUT2D eigenvalue weighted by atomic mass is 9.83. The molecule has 19 heavy (non-hydrogen) atoms. The van der Waals surface area contributed by atoms with Gasteiger partial charge in [0.05, 0.1) is 13.2 Å². The smallest absolute Gasteiger partial charge is 0.118 e. The number of hydrogen-bond donors (Lipinski definition) is 1. The van der Waals surface area contributed by atoms with Crippen LogP contribution in [0.1, 0.15) is 30.9 Å². The van der Waals surface area contributed by atoms with Gasteiger partial charge >= 0.3 is 0 Å². The van der Waals surface area contributed by atoms with Crippen molar-refractivity contribution in [3.8, 4) is 5.75 Å². The lowest BCUT2D eigenvalue weighted by Crippen LogP contribution is -2.28. The van der Waals surface area contributed by atoms with E-state index in [0.717, 1.165) is 18.2 Å². The molecule has 2 bridgehead atoms. The van der Waals surface area contributed by atoms with Crippen LogP contribution in [0.25, 0.3) is 0 Å². The highest BCUT2D eigenvalue weighted by molar-refractivity contribution is 5.36. The summed E-state index contributed by atoms with van der Waals surface area (Å²) >= 11 is 0. The number of rotatable bonds is 2. The van der Waals surface area contributed by atoms with E-state index in [1.807, 2.05) is 12.1 Å². The molecular formula is C17H21NO. The van der Waals surface area contributed by atoms with Crippen LogP contribution in [0.5, 0.6) is 5.75 Å². The number of methoxy groups -OCH3 is 1. The third-order valence-electron chi connectivity index (χ3n) is 4.11. The van der Waals surface area contributed by atoms with Crippen molar-refractivity contribution in [2.75, 3.05) is 13.7 Å². The fraction of sp³-hybridized carbons (Fsp3) is 0.412. The number of ether oxygens (including phenoxy) is 1. The van der Waals surface area contributed by atoms with Gasteiger partial charge in [-0.1, -0.05) is 30.4 Å². The van der Waals surface area contributed by atoms with Crippen LogP contribution in [0.2, 0.25) is 0 Å². The molecule has 0 amide bonds. The van der Waals surface area contributed by atoms with Crippen LogP contribution in [0.3, 0.4) is 0 Å². The summed E-state index contributed by atoms with van der Waals surface area (Å²) in [6, 6.07) is 8.80. The Kier molecular flexibility index (Phi) is 3.69. The van der Waals surface area contributed by atoms with Gasteiger partial charge in [-0.3, -0.25) is 0 Å². The van der Waals surface area contributed by atoms with E-state index < -0.39 is 0 Å². The lowest BCUT2D eigenvalue weighted by molar-refractivity contribution is 0.414. The van der Waals surface area contributed by atoms with Crippen LogP contribution in [0.15, 0.2) is 48.1 Å². The minimum Gasteiger partial charge on any atom is -0.497 e. The predicted molar refractivity (Wildman–Crippen MR) is 78.3 cm³/mol. The molecule has 2 aliphatic rings. The first-order valence-corrected chi connectivity index (χ1v) is 7.11. The number of hydrogen-bond acceptors (Lipinski definition) is 2. The fourth-order valence-corrected chi connectivity index (χ4v) is 3.06. The SMILES string of the molecule is COc1ccc(C2NCCCC3C=CC=C2C3)cc1. The molecule has 2 heteroatoms. The normalized spacial score (nSPS) is 26.3. The number of benzene rings is 1. The molecule has 0 radical (unpaired) electrons. The van der Waals surface area contributed by atoms with Crippen LogP contribution in [-0.2, 0) is 0 Å². The molecule has 2 nitrogen and oxygen atoms in total. The summed E-state index contributed by atoms with van der Waals surface area (Å²) in [5.74, 6) is 1.66.